The van der Waals surface area contributed by atoms with Gasteiger partial charge in [-0.15, -0.1) is 11.3 Å². The van der Waals surface area contributed by atoms with Crippen LogP contribution in [-0.4, -0.2) is 32.2 Å². The minimum atomic E-state index is -1.06. The van der Waals surface area contributed by atoms with Crippen molar-refractivity contribution >= 4 is 73.2 Å². The fraction of sp³-hybridized carbons (Fsp3) is 0.115. The summed E-state index contributed by atoms with van der Waals surface area (Å²) in [5.74, 6) is -0.157. The van der Waals surface area contributed by atoms with Gasteiger partial charge in [-0.1, -0.05) is 34.8 Å². The Morgan fingerprint density at radius 3 is 2.74 bits per heavy atom. The van der Waals surface area contributed by atoms with Crippen LogP contribution in [0.25, 0.3) is 32.2 Å². The SMILES string of the molecule is Cc1nc2cc(Cl)c(Cl)c(C#N)c2c(=O)n1CCOc1ccc(Cl)cc1-c1ccnc2c(C(=O)O)csc12. The van der Waals surface area contributed by atoms with Crippen LogP contribution in [0.15, 0.2) is 46.7 Å². The Bertz CT molecular complexity index is 1880. The molecule has 0 radical (unpaired) electrons. The largest absolute Gasteiger partial charge is 0.491 e. The van der Waals surface area contributed by atoms with Crippen molar-refractivity contribution in [1.29, 1.82) is 5.26 Å². The highest BCUT2D eigenvalue weighted by molar-refractivity contribution is 7.18. The second-order valence-corrected chi connectivity index (χ2v) is 10.3. The summed E-state index contributed by atoms with van der Waals surface area (Å²) in [6.07, 6.45) is 1.54. The number of nitrogens with zero attached hydrogens (tertiary/aromatic N) is 4. The van der Waals surface area contributed by atoms with Gasteiger partial charge in [0.1, 0.15) is 24.3 Å². The average Bonchev–Trinajstić information content (AvgIpc) is 3.33. The fourth-order valence-corrected chi connectivity index (χ4v) is 5.77. The van der Waals surface area contributed by atoms with E-state index in [9.17, 15) is 20.0 Å². The minimum absolute atomic E-state index is 0.00123. The molecule has 8 nitrogen and oxygen atoms in total. The Hall–Kier alpha value is -3.68. The summed E-state index contributed by atoms with van der Waals surface area (Å²) in [5.41, 5.74) is 1.69. The standard InChI is InChI=1S/C26H15Cl3N4O4S/c1-12-32-19-9-18(28)22(29)16(10-30)21(19)25(34)33(12)6-7-37-20-3-2-13(27)8-15(20)14-4-5-31-23-17(26(35)36)11-38-24(14)23/h2-5,8-9,11H,6-7H2,1H3,(H,35,36). The van der Waals surface area contributed by atoms with Gasteiger partial charge in [0.25, 0.3) is 5.56 Å². The molecule has 0 saturated heterocycles. The van der Waals surface area contributed by atoms with Crippen LogP contribution in [0.2, 0.25) is 15.1 Å². The number of ether oxygens (including phenoxy) is 1. The van der Waals surface area contributed by atoms with Gasteiger partial charge in [0.05, 0.1) is 48.8 Å². The lowest BCUT2D eigenvalue weighted by atomic mass is 10.0. The van der Waals surface area contributed by atoms with Gasteiger partial charge >= 0.3 is 5.97 Å². The molecule has 1 N–H and O–H groups in total. The molecule has 0 fully saturated rings. The number of fused-ring (bicyclic) bond motifs is 2. The zero-order chi connectivity index (χ0) is 27.1. The number of aryl methyl sites for hydroxylation is 1. The van der Waals surface area contributed by atoms with Crippen LogP contribution in [0, 0.1) is 18.3 Å². The van der Waals surface area contributed by atoms with Crippen LogP contribution in [-0.2, 0) is 6.54 Å². The summed E-state index contributed by atoms with van der Waals surface area (Å²) < 4.78 is 8.18. The van der Waals surface area contributed by atoms with Crippen LogP contribution in [0.4, 0.5) is 0 Å². The van der Waals surface area contributed by atoms with E-state index >= 15 is 0 Å². The van der Waals surface area contributed by atoms with Crippen LogP contribution in [0.1, 0.15) is 21.7 Å². The number of carboxylic acids is 1. The molecule has 5 aromatic rings. The number of aromatic carboxylic acids is 1. The number of hydrogen-bond acceptors (Lipinski definition) is 7. The van der Waals surface area contributed by atoms with Gasteiger partial charge in [0.2, 0.25) is 0 Å². The molecule has 5 rings (SSSR count). The highest BCUT2D eigenvalue weighted by atomic mass is 35.5. The Balaban J connectivity index is 1.50. The zero-order valence-electron chi connectivity index (χ0n) is 19.5. The Morgan fingerprint density at radius 2 is 2.00 bits per heavy atom. The minimum Gasteiger partial charge on any atom is -0.491 e. The maximum absolute atomic E-state index is 13.3. The summed E-state index contributed by atoms with van der Waals surface area (Å²) in [5, 5.41) is 21.3. The monoisotopic (exact) mass is 584 g/mol. The number of nitriles is 1. The number of rotatable bonds is 6. The Kier molecular flexibility index (Phi) is 6.99. The molecule has 0 spiro atoms. The topological polar surface area (TPSA) is 118 Å². The quantitative estimate of drug-likeness (QED) is 0.239. The number of carbonyl (C=O) groups is 1. The van der Waals surface area contributed by atoms with E-state index in [4.69, 9.17) is 39.5 Å². The van der Waals surface area contributed by atoms with Gasteiger partial charge < -0.3 is 9.84 Å². The molecule has 190 valence electrons. The molecule has 0 aliphatic rings. The lowest BCUT2D eigenvalue weighted by molar-refractivity contribution is 0.0699. The predicted molar refractivity (Wildman–Crippen MR) is 148 cm³/mol. The van der Waals surface area contributed by atoms with E-state index < -0.39 is 11.5 Å². The number of hydrogen-bond donors (Lipinski definition) is 1. The molecule has 3 aromatic heterocycles. The number of halogens is 3. The third-order valence-electron chi connectivity index (χ3n) is 5.93. The van der Waals surface area contributed by atoms with E-state index in [2.05, 4.69) is 9.97 Å². The van der Waals surface area contributed by atoms with E-state index in [0.717, 1.165) is 5.56 Å². The molecular weight excluding hydrogens is 571 g/mol. The lowest BCUT2D eigenvalue weighted by Crippen LogP contribution is -2.27. The first-order chi connectivity index (χ1) is 18.2. The Morgan fingerprint density at radius 1 is 1.21 bits per heavy atom. The van der Waals surface area contributed by atoms with E-state index in [-0.39, 0.29) is 45.2 Å². The van der Waals surface area contributed by atoms with Crippen molar-refractivity contribution in [2.45, 2.75) is 13.5 Å². The molecule has 12 heteroatoms. The van der Waals surface area contributed by atoms with Crippen LogP contribution >= 0.6 is 46.1 Å². The van der Waals surface area contributed by atoms with Crippen molar-refractivity contribution in [1.82, 2.24) is 14.5 Å². The summed E-state index contributed by atoms with van der Waals surface area (Å²) >= 11 is 19.8. The highest BCUT2D eigenvalue weighted by Gasteiger charge is 2.19. The molecule has 38 heavy (non-hydrogen) atoms. The van der Waals surface area contributed by atoms with E-state index in [0.29, 0.717) is 32.4 Å². The number of aromatic nitrogens is 3. The smallest absolute Gasteiger partial charge is 0.338 e. The molecule has 3 heterocycles. The van der Waals surface area contributed by atoms with Crippen molar-refractivity contribution in [3.05, 3.63) is 84.3 Å². The van der Waals surface area contributed by atoms with Crippen LogP contribution < -0.4 is 10.3 Å². The van der Waals surface area contributed by atoms with Gasteiger partial charge in [0, 0.05) is 27.7 Å². The molecule has 0 amide bonds. The average molecular weight is 586 g/mol. The highest BCUT2D eigenvalue weighted by Crippen LogP contribution is 2.39. The third kappa shape index (κ3) is 4.46. The number of benzene rings is 2. The second-order valence-electron chi connectivity index (χ2n) is 8.15. The van der Waals surface area contributed by atoms with E-state index in [1.807, 2.05) is 6.07 Å². The zero-order valence-corrected chi connectivity index (χ0v) is 22.5. The first-order valence-corrected chi connectivity index (χ1v) is 13.0. The molecule has 0 unspecified atom stereocenters. The molecule has 0 aliphatic heterocycles. The van der Waals surface area contributed by atoms with Gasteiger partial charge in [-0.05, 0) is 37.3 Å². The van der Waals surface area contributed by atoms with Crippen molar-refractivity contribution in [2.24, 2.45) is 0 Å². The summed E-state index contributed by atoms with van der Waals surface area (Å²) in [4.78, 5) is 33.6. The second kappa shape index (κ2) is 10.2. The summed E-state index contributed by atoms with van der Waals surface area (Å²) in [6.45, 7) is 1.90. The Labute approximate surface area is 234 Å². The number of pyridine rings is 1. The van der Waals surface area contributed by atoms with Gasteiger partial charge in [-0.2, -0.15) is 5.26 Å². The van der Waals surface area contributed by atoms with Crippen LogP contribution in [0.5, 0.6) is 5.75 Å². The summed E-state index contributed by atoms with van der Waals surface area (Å²) in [7, 11) is 0. The maximum Gasteiger partial charge on any atom is 0.338 e. The number of carboxylic acid groups (broad SMARTS) is 1. The normalized spacial score (nSPS) is 11.1. The molecule has 0 bridgehead atoms. The molecule has 0 atom stereocenters. The molecule has 0 saturated carbocycles. The van der Waals surface area contributed by atoms with E-state index in [1.54, 1.807) is 36.6 Å². The van der Waals surface area contributed by atoms with E-state index in [1.165, 1.54) is 28.2 Å². The van der Waals surface area contributed by atoms with Gasteiger partial charge in [0.15, 0.2) is 0 Å². The van der Waals surface area contributed by atoms with Crippen molar-refractivity contribution < 1.29 is 14.6 Å². The van der Waals surface area contributed by atoms with Crippen molar-refractivity contribution in [3.8, 4) is 22.9 Å². The lowest BCUT2D eigenvalue weighted by Gasteiger charge is -2.15. The fourth-order valence-electron chi connectivity index (χ4n) is 4.18. The molecule has 0 aliphatic carbocycles. The third-order valence-corrected chi connectivity index (χ3v) is 7.96. The number of thiophene rings is 1. The van der Waals surface area contributed by atoms with Crippen molar-refractivity contribution in [2.75, 3.05) is 6.61 Å². The molecule has 2 aromatic carbocycles. The first-order valence-electron chi connectivity index (χ1n) is 11.0. The molecular formula is C26H15Cl3N4O4S. The maximum atomic E-state index is 13.3. The predicted octanol–water partition coefficient (Wildman–Crippen LogP) is 6.59. The van der Waals surface area contributed by atoms with Gasteiger partial charge in [-0.25, -0.2) is 9.78 Å². The summed E-state index contributed by atoms with van der Waals surface area (Å²) in [6, 6.07) is 10.3. The first kappa shape index (κ1) is 25.9. The van der Waals surface area contributed by atoms with Gasteiger partial charge in [-0.3, -0.25) is 14.3 Å². The van der Waals surface area contributed by atoms with Crippen molar-refractivity contribution in [3.63, 3.8) is 0 Å². The van der Waals surface area contributed by atoms with Crippen LogP contribution in [0.3, 0.4) is 0 Å².